The van der Waals surface area contributed by atoms with Crippen LogP contribution in [0.1, 0.15) is 24.0 Å². The summed E-state index contributed by atoms with van der Waals surface area (Å²) in [6.07, 6.45) is 2.28. The number of methoxy groups -OCH3 is 1. The molecule has 1 saturated heterocycles. The molecule has 0 radical (unpaired) electrons. The monoisotopic (exact) mass is 433 g/mol. The first-order valence-corrected chi connectivity index (χ1v) is 11.4. The van der Waals surface area contributed by atoms with Gasteiger partial charge in [0.1, 0.15) is 5.75 Å². The Labute approximate surface area is 193 Å². The minimum absolute atomic E-state index is 0.0856. The average Bonchev–Trinajstić information content (AvgIpc) is 2.81. The molecular weight excluding hydrogens is 398 g/mol. The zero-order chi connectivity index (χ0) is 22.8. The number of piperidine rings is 1. The molecule has 2 aromatic carbocycles. The van der Waals surface area contributed by atoms with Gasteiger partial charge in [-0.25, -0.2) is 0 Å². The van der Waals surface area contributed by atoms with Crippen molar-refractivity contribution >= 4 is 5.91 Å². The first-order chi connectivity index (χ1) is 15.5. The van der Waals surface area contributed by atoms with E-state index in [1.165, 1.54) is 5.56 Å². The number of para-hydroxylation sites is 1. The Bertz CT molecular complexity index is 917. The second-order valence-electron chi connectivity index (χ2n) is 8.73. The number of nitrogens with zero attached hydrogens (tertiary/aromatic N) is 3. The van der Waals surface area contributed by atoms with Gasteiger partial charge in [0.2, 0.25) is 0 Å². The number of carbonyl (C=O) groups is 1. The number of likely N-dealkylation sites (N-methyl/N-ethyl adjacent to an activating group) is 1. The smallest absolute Gasteiger partial charge is 0.298 e. The van der Waals surface area contributed by atoms with Crippen LogP contribution in [0.5, 0.6) is 5.75 Å². The molecule has 1 atom stereocenters. The molecule has 2 aromatic rings. The van der Waals surface area contributed by atoms with Crippen LogP contribution < -0.4 is 4.74 Å². The molecule has 1 amide bonds. The molecule has 0 aromatic heterocycles. The first-order valence-electron chi connectivity index (χ1n) is 11.4. The number of benzene rings is 2. The Balaban J connectivity index is 1.64. The molecule has 5 heteroatoms. The number of hydrogen-bond acceptors (Lipinski definition) is 4. The molecule has 0 bridgehead atoms. The molecular formula is C27H35N3O2. The van der Waals surface area contributed by atoms with Gasteiger partial charge >= 0.3 is 0 Å². The standard InChI is InChI=1S/C27H35N3O2/c1-28(2)18-19-30(27(31)16-15-23-10-5-4-6-11-23)21-24-12-9-17-29(20-24)22-25-13-7-8-14-26(25)32-3/h4-8,10-11,13-14,24H,9,12,17-22H2,1-3H3. The highest BCUT2D eigenvalue weighted by Gasteiger charge is 2.24. The SMILES string of the molecule is COc1ccccc1CN1CCCC(CN(CCN(C)C)C(=O)C#Cc2ccccc2)C1. The molecule has 0 spiro atoms. The number of carbonyl (C=O) groups excluding carboxylic acids is 1. The fourth-order valence-corrected chi connectivity index (χ4v) is 4.15. The molecule has 1 aliphatic rings. The summed E-state index contributed by atoms with van der Waals surface area (Å²) in [5, 5.41) is 0. The maximum absolute atomic E-state index is 13.0. The molecule has 32 heavy (non-hydrogen) atoms. The number of ether oxygens (including phenoxy) is 1. The van der Waals surface area contributed by atoms with Gasteiger partial charge in [0, 0.05) is 49.8 Å². The van der Waals surface area contributed by atoms with E-state index in [-0.39, 0.29) is 5.91 Å². The van der Waals surface area contributed by atoms with Crippen LogP contribution in [0.15, 0.2) is 54.6 Å². The summed E-state index contributed by atoms with van der Waals surface area (Å²) in [5.41, 5.74) is 2.08. The number of likely N-dealkylation sites (tertiary alicyclic amines) is 1. The molecule has 1 heterocycles. The number of hydrogen-bond donors (Lipinski definition) is 0. The minimum Gasteiger partial charge on any atom is -0.496 e. The van der Waals surface area contributed by atoms with Crippen molar-refractivity contribution in [2.75, 3.05) is 53.9 Å². The Kier molecular flexibility index (Phi) is 9.15. The molecule has 0 aliphatic carbocycles. The lowest BCUT2D eigenvalue weighted by atomic mass is 9.96. The van der Waals surface area contributed by atoms with E-state index in [9.17, 15) is 4.79 Å². The third-order valence-electron chi connectivity index (χ3n) is 5.86. The Morgan fingerprint density at radius 1 is 1.09 bits per heavy atom. The summed E-state index contributed by atoms with van der Waals surface area (Å²) in [4.78, 5) is 19.5. The van der Waals surface area contributed by atoms with Crippen LogP contribution in [-0.2, 0) is 11.3 Å². The predicted octanol–water partition coefficient (Wildman–Crippen LogP) is 3.35. The van der Waals surface area contributed by atoms with Gasteiger partial charge in [-0.1, -0.05) is 42.3 Å². The Morgan fingerprint density at radius 2 is 1.84 bits per heavy atom. The maximum Gasteiger partial charge on any atom is 0.298 e. The van der Waals surface area contributed by atoms with Crippen LogP contribution in [0, 0.1) is 17.8 Å². The topological polar surface area (TPSA) is 36.0 Å². The third kappa shape index (κ3) is 7.40. The molecule has 0 saturated carbocycles. The van der Waals surface area contributed by atoms with Crippen molar-refractivity contribution in [1.82, 2.24) is 14.7 Å². The lowest BCUT2D eigenvalue weighted by molar-refractivity contribution is -0.126. The van der Waals surface area contributed by atoms with Crippen LogP contribution in [0.25, 0.3) is 0 Å². The Hall–Kier alpha value is -2.81. The molecule has 170 valence electrons. The van der Waals surface area contributed by atoms with E-state index in [4.69, 9.17) is 4.74 Å². The van der Waals surface area contributed by atoms with Crippen LogP contribution in [0.3, 0.4) is 0 Å². The van der Waals surface area contributed by atoms with Gasteiger partial charge in [-0.05, 0) is 57.6 Å². The van der Waals surface area contributed by atoms with Crippen LogP contribution in [-0.4, -0.2) is 74.5 Å². The average molecular weight is 434 g/mol. The first kappa shape index (κ1) is 23.8. The van der Waals surface area contributed by atoms with Crippen molar-refractivity contribution in [1.29, 1.82) is 0 Å². The third-order valence-corrected chi connectivity index (χ3v) is 5.86. The summed E-state index contributed by atoms with van der Waals surface area (Å²) in [7, 11) is 5.80. The summed E-state index contributed by atoms with van der Waals surface area (Å²) in [6.45, 7) is 5.21. The van der Waals surface area contributed by atoms with E-state index in [1.54, 1.807) is 7.11 Å². The van der Waals surface area contributed by atoms with E-state index in [0.29, 0.717) is 12.5 Å². The molecule has 5 nitrogen and oxygen atoms in total. The number of amides is 1. The highest BCUT2D eigenvalue weighted by Crippen LogP contribution is 2.24. The quantitative estimate of drug-likeness (QED) is 0.598. The van der Waals surface area contributed by atoms with Gasteiger partial charge in [0.25, 0.3) is 5.91 Å². The van der Waals surface area contributed by atoms with Gasteiger partial charge < -0.3 is 14.5 Å². The molecule has 3 rings (SSSR count). The fraction of sp³-hybridized carbons (Fsp3) is 0.444. The van der Waals surface area contributed by atoms with E-state index >= 15 is 0 Å². The predicted molar refractivity (Wildman–Crippen MR) is 129 cm³/mol. The molecule has 1 aliphatic heterocycles. The fourth-order valence-electron chi connectivity index (χ4n) is 4.15. The van der Waals surface area contributed by atoms with E-state index in [1.807, 2.05) is 61.5 Å². The second kappa shape index (κ2) is 12.3. The zero-order valence-electron chi connectivity index (χ0n) is 19.6. The summed E-state index contributed by atoms with van der Waals surface area (Å²) < 4.78 is 5.53. The van der Waals surface area contributed by atoms with E-state index in [2.05, 4.69) is 33.8 Å². The van der Waals surface area contributed by atoms with Crippen molar-refractivity contribution in [2.45, 2.75) is 19.4 Å². The summed E-state index contributed by atoms with van der Waals surface area (Å²) >= 11 is 0. The zero-order valence-corrected chi connectivity index (χ0v) is 19.6. The minimum atomic E-state index is -0.0856. The molecule has 1 unspecified atom stereocenters. The van der Waals surface area contributed by atoms with Crippen molar-refractivity contribution in [3.05, 3.63) is 65.7 Å². The van der Waals surface area contributed by atoms with Gasteiger partial charge in [-0.15, -0.1) is 0 Å². The van der Waals surface area contributed by atoms with E-state index < -0.39 is 0 Å². The van der Waals surface area contributed by atoms with Crippen molar-refractivity contribution < 1.29 is 9.53 Å². The largest absolute Gasteiger partial charge is 0.496 e. The molecule has 0 N–H and O–H groups in total. The van der Waals surface area contributed by atoms with Crippen LogP contribution in [0.2, 0.25) is 0 Å². The van der Waals surface area contributed by atoms with Crippen molar-refractivity contribution in [2.24, 2.45) is 5.92 Å². The van der Waals surface area contributed by atoms with Crippen LogP contribution >= 0.6 is 0 Å². The normalized spacial score (nSPS) is 16.3. The second-order valence-corrected chi connectivity index (χ2v) is 8.73. The molecule has 1 fully saturated rings. The van der Waals surface area contributed by atoms with Gasteiger partial charge in [-0.2, -0.15) is 0 Å². The number of rotatable bonds is 8. The van der Waals surface area contributed by atoms with Crippen molar-refractivity contribution in [3.63, 3.8) is 0 Å². The van der Waals surface area contributed by atoms with E-state index in [0.717, 1.165) is 56.9 Å². The van der Waals surface area contributed by atoms with Crippen molar-refractivity contribution in [3.8, 4) is 17.6 Å². The maximum atomic E-state index is 13.0. The van der Waals surface area contributed by atoms with Gasteiger partial charge in [0.15, 0.2) is 0 Å². The summed E-state index contributed by atoms with van der Waals surface area (Å²) in [5.74, 6) is 7.19. The lowest BCUT2D eigenvalue weighted by Gasteiger charge is -2.35. The highest BCUT2D eigenvalue weighted by molar-refractivity contribution is 5.94. The van der Waals surface area contributed by atoms with Gasteiger partial charge in [0.05, 0.1) is 7.11 Å². The lowest BCUT2D eigenvalue weighted by Crippen LogP contribution is -2.44. The van der Waals surface area contributed by atoms with Crippen LogP contribution in [0.4, 0.5) is 0 Å². The van der Waals surface area contributed by atoms with Gasteiger partial charge in [-0.3, -0.25) is 9.69 Å². The summed E-state index contributed by atoms with van der Waals surface area (Å²) in [6, 6.07) is 17.9. The highest BCUT2D eigenvalue weighted by atomic mass is 16.5. The Morgan fingerprint density at radius 3 is 2.59 bits per heavy atom.